The first-order valence-electron chi connectivity index (χ1n) is 8.04. The van der Waals surface area contributed by atoms with Crippen molar-refractivity contribution in [2.45, 2.75) is 23.5 Å². The van der Waals surface area contributed by atoms with Crippen molar-refractivity contribution in [2.75, 3.05) is 5.32 Å². The van der Waals surface area contributed by atoms with Crippen LogP contribution in [0.3, 0.4) is 0 Å². The van der Waals surface area contributed by atoms with Crippen LogP contribution in [0.4, 0.5) is 5.69 Å². The largest absolute Gasteiger partial charge is 0.358 e. The molecule has 2 aromatic rings. The SMILES string of the molecule is C[C@H]1C=C2Nc3ccccc3S[C@@H](c3ccccc3)[C@@H]2C(=O)C1. The molecule has 0 saturated carbocycles. The second-order valence-corrected chi connectivity index (χ2v) is 7.50. The van der Waals surface area contributed by atoms with E-state index >= 15 is 0 Å². The van der Waals surface area contributed by atoms with Gasteiger partial charge >= 0.3 is 0 Å². The molecule has 0 saturated heterocycles. The third-order valence-corrected chi connectivity index (χ3v) is 5.93. The molecule has 4 rings (SSSR count). The summed E-state index contributed by atoms with van der Waals surface area (Å²) in [7, 11) is 0. The molecule has 2 aromatic carbocycles. The Kier molecular flexibility index (Phi) is 3.74. The van der Waals surface area contributed by atoms with Gasteiger partial charge in [-0.1, -0.05) is 55.5 Å². The highest BCUT2D eigenvalue weighted by molar-refractivity contribution is 7.99. The van der Waals surface area contributed by atoms with Gasteiger partial charge in [-0.2, -0.15) is 0 Å². The van der Waals surface area contributed by atoms with Gasteiger partial charge in [0.2, 0.25) is 0 Å². The van der Waals surface area contributed by atoms with E-state index in [0.717, 1.165) is 11.4 Å². The molecule has 0 radical (unpaired) electrons. The Labute approximate surface area is 141 Å². The molecular formula is C20H19NOS. The van der Waals surface area contributed by atoms with Crippen LogP contribution in [-0.2, 0) is 4.79 Å². The maximum Gasteiger partial charge on any atom is 0.143 e. The highest BCUT2D eigenvalue weighted by Crippen LogP contribution is 2.50. The molecule has 0 aromatic heterocycles. The van der Waals surface area contributed by atoms with Crippen LogP contribution in [0, 0.1) is 11.8 Å². The van der Waals surface area contributed by atoms with Gasteiger partial charge in [0.25, 0.3) is 0 Å². The van der Waals surface area contributed by atoms with Crippen molar-refractivity contribution in [2.24, 2.45) is 11.8 Å². The Balaban J connectivity index is 1.86. The number of anilines is 1. The van der Waals surface area contributed by atoms with Crippen molar-refractivity contribution in [3.8, 4) is 0 Å². The number of fused-ring (bicyclic) bond motifs is 2. The van der Waals surface area contributed by atoms with Crippen LogP contribution in [0.15, 0.2) is 71.3 Å². The smallest absolute Gasteiger partial charge is 0.143 e. The minimum absolute atomic E-state index is 0.0917. The van der Waals surface area contributed by atoms with Crippen LogP contribution >= 0.6 is 11.8 Å². The van der Waals surface area contributed by atoms with E-state index in [1.807, 2.05) is 12.1 Å². The summed E-state index contributed by atoms with van der Waals surface area (Å²) in [5.74, 6) is 0.551. The summed E-state index contributed by atoms with van der Waals surface area (Å²) < 4.78 is 0. The van der Waals surface area contributed by atoms with Crippen molar-refractivity contribution in [1.29, 1.82) is 0 Å². The number of benzene rings is 2. The number of rotatable bonds is 1. The lowest BCUT2D eigenvalue weighted by Crippen LogP contribution is -2.30. The summed E-state index contributed by atoms with van der Waals surface area (Å²) in [6.45, 7) is 2.12. The molecule has 1 N–H and O–H groups in total. The zero-order valence-electron chi connectivity index (χ0n) is 13.0. The molecule has 0 fully saturated rings. The number of carbonyl (C=O) groups is 1. The second kappa shape index (κ2) is 5.89. The van der Waals surface area contributed by atoms with Gasteiger partial charge < -0.3 is 5.32 Å². The first-order valence-corrected chi connectivity index (χ1v) is 8.92. The average Bonchev–Trinajstić information content (AvgIpc) is 2.72. The number of hydrogen-bond donors (Lipinski definition) is 1. The molecule has 116 valence electrons. The zero-order valence-corrected chi connectivity index (χ0v) is 13.8. The van der Waals surface area contributed by atoms with Crippen LogP contribution in [0.25, 0.3) is 0 Å². The van der Waals surface area contributed by atoms with Crippen LogP contribution in [0.1, 0.15) is 24.2 Å². The predicted molar refractivity (Wildman–Crippen MR) is 95.5 cm³/mol. The third-order valence-electron chi connectivity index (χ3n) is 4.52. The van der Waals surface area contributed by atoms with Crippen molar-refractivity contribution in [3.05, 3.63) is 71.9 Å². The fourth-order valence-electron chi connectivity index (χ4n) is 3.47. The van der Waals surface area contributed by atoms with Gasteiger partial charge in [0.1, 0.15) is 5.78 Å². The van der Waals surface area contributed by atoms with Gasteiger partial charge in [0, 0.05) is 22.3 Å². The van der Waals surface area contributed by atoms with Gasteiger partial charge in [0.15, 0.2) is 0 Å². The summed E-state index contributed by atoms with van der Waals surface area (Å²) in [5, 5.41) is 3.67. The fourth-order valence-corrected chi connectivity index (χ4v) is 4.88. The molecule has 2 nitrogen and oxygen atoms in total. The zero-order chi connectivity index (χ0) is 15.8. The second-order valence-electron chi connectivity index (χ2n) is 6.32. The lowest BCUT2D eigenvalue weighted by atomic mass is 9.81. The van der Waals surface area contributed by atoms with E-state index in [1.54, 1.807) is 11.8 Å². The van der Waals surface area contributed by atoms with E-state index in [4.69, 9.17) is 0 Å². The van der Waals surface area contributed by atoms with E-state index in [9.17, 15) is 4.79 Å². The van der Waals surface area contributed by atoms with Gasteiger partial charge in [-0.25, -0.2) is 0 Å². The van der Waals surface area contributed by atoms with Gasteiger partial charge in [0.05, 0.1) is 11.6 Å². The lowest BCUT2D eigenvalue weighted by molar-refractivity contribution is -0.122. The molecule has 3 heteroatoms. The monoisotopic (exact) mass is 321 g/mol. The number of thioether (sulfide) groups is 1. The Bertz CT molecular complexity index is 768. The van der Waals surface area contributed by atoms with E-state index in [2.05, 4.69) is 60.8 Å². The van der Waals surface area contributed by atoms with E-state index in [0.29, 0.717) is 18.1 Å². The normalized spacial score (nSPS) is 26.4. The van der Waals surface area contributed by atoms with E-state index in [-0.39, 0.29) is 11.2 Å². The Morgan fingerprint density at radius 2 is 1.78 bits per heavy atom. The highest BCUT2D eigenvalue weighted by atomic mass is 32.2. The predicted octanol–water partition coefficient (Wildman–Crippen LogP) is 5.05. The molecule has 0 spiro atoms. The molecular weight excluding hydrogens is 302 g/mol. The Hall–Kier alpha value is -2.00. The number of allylic oxidation sites excluding steroid dienone is 2. The van der Waals surface area contributed by atoms with Crippen LogP contribution < -0.4 is 5.32 Å². The van der Waals surface area contributed by atoms with Gasteiger partial charge in [-0.3, -0.25) is 4.79 Å². The Morgan fingerprint density at radius 3 is 2.61 bits per heavy atom. The number of hydrogen-bond acceptors (Lipinski definition) is 3. The van der Waals surface area contributed by atoms with Crippen LogP contribution in [0.5, 0.6) is 0 Å². The molecule has 1 aliphatic carbocycles. The maximum absolute atomic E-state index is 12.8. The minimum Gasteiger partial charge on any atom is -0.358 e. The van der Waals surface area contributed by atoms with Crippen molar-refractivity contribution in [3.63, 3.8) is 0 Å². The van der Waals surface area contributed by atoms with Crippen LogP contribution in [-0.4, -0.2) is 5.78 Å². The average molecular weight is 321 g/mol. The standard InChI is InChI=1S/C20H19NOS/c1-13-11-16-19(17(22)12-13)20(14-7-3-2-4-8-14)23-18-10-6-5-9-15(18)21-16/h2-11,13,19-21H,12H2,1H3/t13-,19-,20-/m0/s1. The summed E-state index contributed by atoms with van der Waals surface area (Å²) in [4.78, 5) is 14.0. The molecule has 3 atom stereocenters. The first kappa shape index (κ1) is 14.6. The minimum atomic E-state index is -0.0917. The number of carbonyl (C=O) groups excluding carboxylic acids is 1. The summed E-state index contributed by atoms with van der Waals surface area (Å²) in [6, 6.07) is 18.7. The molecule has 1 aliphatic heterocycles. The molecule has 0 amide bonds. The first-order chi connectivity index (χ1) is 11.2. The summed E-state index contributed by atoms with van der Waals surface area (Å²) >= 11 is 1.80. The molecule has 0 bridgehead atoms. The van der Waals surface area contributed by atoms with Crippen molar-refractivity contribution >= 4 is 23.2 Å². The van der Waals surface area contributed by atoms with Crippen molar-refractivity contribution < 1.29 is 4.79 Å². The van der Waals surface area contributed by atoms with Crippen LogP contribution in [0.2, 0.25) is 0 Å². The molecule has 0 unspecified atom stereocenters. The Morgan fingerprint density at radius 1 is 1.04 bits per heavy atom. The molecule has 1 heterocycles. The highest BCUT2D eigenvalue weighted by Gasteiger charge is 2.39. The van der Waals surface area contributed by atoms with Crippen molar-refractivity contribution in [1.82, 2.24) is 0 Å². The fraction of sp³-hybridized carbons (Fsp3) is 0.250. The number of ketones is 1. The summed E-state index contributed by atoms with van der Waals surface area (Å²) in [6.07, 6.45) is 2.88. The third kappa shape index (κ3) is 2.70. The topological polar surface area (TPSA) is 29.1 Å². The number of nitrogens with one attached hydrogen (secondary N) is 1. The van der Waals surface area contributed by atoms with Gasteiger partial charge in [-0.15, -0.1) is 11.8 Å². The van der Waals surface area contributed by atoms with Gasteiger partial charge in [-0.05, 0) is 23.6 Å². The maximum atomic E-state index is 12.8. The van der Waals surface area contributed by atoms with E-state index < -0.39 is 0 Å². The quantitative estimate of drug-likeness (QED) is 0.796. The number of para-hydroxylation sites is 1. The van der Waals surface area contributed by atoms with E-state index in [1.165, 1.54) is 10.5 Å². The lowest BCUT2D eigenvalue weighted by Gasteiger charge is -2.30. The molecule has 23 heavy (non-hydrogen) atoms. The summed E-state index contributed by atoms with van der Waals surface area (Å²) in [5.41, 5.74) is 3.39. The molecule has 2 aliphatic rings. The number of Topliss-reactive ketones (excluding diaryl/α,β-unsaturated/α-hetero) is 1.